The van der Waals surface area contributed by atoms with E-state index in [4.69, 9.17) is 0 Å². The van der Waals surface area contributed by atoms with Gasteiger partial charge in [-0.2, -0.15) is 0 Å². The van der Waals surface area contributed by atoms with Crippen molar-refractivity contribution in [2.75, 3.05) is 39.8 Å². The van der Waals surface area contributed by atoms with Gasteiger partial charge in [0.25, 0.3) is 0 Å². The lowest BCUT2D eigenvalue weighted by Gasteiger charge is -2.42. The normalized spacial score (nSPS) is 24.7. The maximum Gasteiger partial charge on any atom is 0.0219 e. The molecule has 0 aromatic carbocycles. The van der Waals surface area contributed by atoms with Crippen molar-refractivity contribution in [2.45, 2.75) is 52.6 Å². The molecule has 1 saturated heterocycles. The maximum absolute atomic E-state index is 3.62. The second kappa shape index (κ2) is 8.13. The third-order valence-corrected chi connectivity index (χ3v) is 4.20. The molecule has 18 heavy (non-hydrogen) atoms. The molecule has 0 aliphatic carbocycles. The van der Waals surface area contributed by atoms with Gasteiger partial charge in [-0.25, -0.2) is 0 Å². The molecule has 0 aromatic heterocycles. The van der Waals surface area contributed by atoms with Crippen LogP contribution < -0.4 is 5.32 Å². The van der Waals surface area contributed by atoms with Gasteiger partial charge < -0.3 is 10.2 Å². The van der Waals surface area contributed by atoms with E-state index in [9.17, 15) is 0 Å². The van der Waals surface area contributed by atoms with E-state index < -0.39 is 0 Å². The van der Waals surface area contributed by atoms with Crippen LogP contribution in [0.3, 0.4) is 0 Å². The molecular weight excluding hydrogens is 222 g/mol. The zero-order valence-electron chi connectivity index (χ0n) is 13.1. The van der Waals surface area contributed by atoms with Crippen molar-refractivity contribution in [2.24, 2.45) is 5.92 Å². The summed E-state index contributed by atoms with van der Waals surface area (Å²) in [5, 5.41) is 3.62. The average Bonchev–Trinajstić information content (AvgIpc) is 2.35. The van der Waals surface area contributed by atoms with Gasteiger partial charge in [0.2, 0.25) is 0 Å². The van der Waals surface area contributed by atoms with Crippen molar-refractivity contribution >= 4 is 0 Å². The highest BCUT2D eigenvalue weighted by Gasteiger charge is 2.26. The van der Waals surface area contributed by atoms with Crippen LogP contribution in [0.25, 0.3) is 0 Å². The molecule has 3 heteroatoms. The molecule has 1 aliphatic heterocycles. The smallest absolute Gasteiger partial charge is 0.0219 e. The fourth-order valence-electron chi connectivity index (χ4n) is 2.81. The van der Waals surface area contributed by atoms with E-state index in [1.54, 1.807) is 0 Å². The van der Waals surface area contributed by atoms with Crippen molar-refractivity contribution in [3.05, 3.63) is 0 Å². The van der Waals surface area contributed by atoms with Crippen LogP contribution in [0.4, 0.5) is 0 Å². The van der Waals surface area contributed by atoms with Gasteiger partial charge in [0.05, 0.1) is 0 Å². The molecule has 3 nitrogen and oxygen atoms in total. The highest BCUT2D eigenvalue weighted by molar-refractivity contribution is 4.84. The summed E-state index contributed by atoms with van der Waals surface area (Å²) in [5.41, 5.74) is 0. The zero-order chi connectivity index (χ0) is 13.5. The highest BCUT2D eigenvalue weighted by Crippen LogP contribution is 2.14. The predicted molar refractivity (Wildman–Crippen MR) is 80.1 cm³/mol. The molecule has 0 bridgehead atoms. The van der Waals surface area contributed by atoms with E-state index in [1.165, 1.54) is 32.5 Å². The van der Waals surface area contributed by atoms with Crippen LogP contribution in [0.1, 0.15) is 40.5 Å². The van der Waals surface area contributed by atoms with E-state index in [0.717, 1.165) is 25.0 Å². The van der Waals surface area contributed by atoms with E-state index in [-0.39, 0.29) is 0 Å². The Hall–Kier alpha value is -0.120. The predicted octanol–water partition coefficient (Wildman–Crippen LogP) is 2.04. The van der Waals surface area contributed by atoms with Gasteiger partial charge in [-0.05, 0) is 32.4 Å². The maximum atomic E-state index is 3.62. The number of hydrogen-bond donors (Lipinski definition) is 1. The van der Waals surface area contributed by atoms with Crippen LogP contribution in [0, 0.1) is 5.92 Å². The molecule has 2 atom stereocenters. The summed E-state index contributed by atoms with van der Waals surface area (Å²) < 4.78 is 0. The van der Waals surface area contributed by atoms with Crippen LogP contribution in [0.2, 0.25) is 0 Å². The largest absolute Gasteiger partial charge is 0.315 e. The van der Waals surface area contributed by atoms with Crippen LogP contribution in [0.5, 0.6) is 0 Å². The van der Waals surface area contributed by atoms with Crippen molar-refractivity contribution in [1.82, 2.24) is 15.1 Å². The second-order valence-corrected chi connectivity index (χ2v) is 6.15. The Kier molecular flexibility index (Phi) is 7.20. The van der Waals surface area contributed by atoms with Gasteiger partial charge in [-0.1, -0.05) is 27.7 Å². The lowest BCUT2D eigenvalue weighted by Crippen LogP contribution is -2.56. The summed E-state index contributed by atoms with van der Waals surface area (Å²) in [4.78, 5) is 5.21. The third-order valence-electron chi connectivity index (χ3n) is 4.20. The Morgan fingerprint density at radius 3 is 2.44 bits per heavy atom. The summed E-state index contributed by atoms with van der Waals surface area (Å²) >= 11 is 0. The summed E-state index contributed by atoms with van der Waals surface area (Å²) in [5.74, 6) is 0.749. The number of nitrogens with zero attached hydrogens (tertiary/aromatic N) is 2. The fourth-order valence-corrected chi connectivity index (χ4v) is 2.81. The minimum atomic E-state index is 0.714. The standard InChI is InChI=1S/C15H33N3/c1-6-14(11-16-10-13(3)4)18-9-8-17(5)15(7-2)12-18/h13-16H,6-12H2,1-5H3. The first-order valence-electron chi connectivity index (χ1n) is 7.73. The van der Waals surface area contributed by atoms with Gasteiger partial charge in [0, 0.05) is 38.3 Å². The van der Waals surface area contributed by atoms with Crippen molar-refractivity contribution in [1.29, 1.82) is 0 Å². The average molecular weight is 255 g/mol. The van der Waals surface area contributed by atoms with Crippen LogP contribution in [-0.4, -0.2) is 61.7 Å². The summed E-state index contributed by atoms with van der Waals surface area (Å²) in [6, 6.07) is 1.46. The number of piperazine rings is 1. The summed E-state index contributed by atoms with van der Waals surface area (Å²) in [6.45, 7) is 15.2. The minimum Gasteiger partial charge on any atom is -0.315 e. The number of hydrogen-bond acceptors (Lipinski definition) is 3. The lowest BCUT2D eigenvalue weighted by atomic mass is 10.1. The van der Waals surface area contributed by atoms with E-state index in [0.29, 0.717) is 6.04 Å². The van der Waals surface area contributed by atoms with Crippen molar-refractivity contribution in [3.8, 4) is 0 Å². The first-order chi connectivity index (χ1) is 8.58. The lowest BCUT2D eigenvalue weighted by molar-refractivity contribution is 0.0605. The molecule has 1 fully saturated rings. The molecule has 0 radical (unpaired) electrons. The minimum absolute atomic E-state index is 0.714. The zero-order valence-corrected chi connectivity index (χ0v) is 13.1. The Morgan fingerprint density at radius 1 is 1.17 bits per heavy atom. The van der Waals surface area contributed by atoms with Gasteiger partial charge in [0.1, 0.15) is 0 Å². The molecule has 0 aromatic rings. The van der Waals surface area contributed by atoms with Gasteiger partial charge in [0.15, 0.2) is 0 Å². The topological polar surface area (TPSA) is 18.5 Å². The molecule has 2 unspecified atom stereocenters. The quantitative estimate of drug-likeness (QED) is 0.751. The number of nitrogens with one attached hydrogen (secondary N) is 1. The molecule has 0 saturated carbocycles. The molecular formula is C15H33N3. The Bertz CT molecular complexity index is 218. The molecule has 1 aliphatic rings. The first kappa shape index (κ1) is 15.9. The molecule has 0 amide bonds. The number of rotatable bonds is 7. The molecule has 1 rings (SSSR count). The second-order valence-electron chi connectivity index (χ2n) is 6.15. The summed E-state index contributed by atoms with van der Waals surface area (Å²) in [6.07, 6.45) is 2.52. The molecule has 108 valence electrons. The Labute approximate surface area is 114 Å². The van der Waals surface area contributed by atoms with E-state index in [1.807, 2.05) is 0 Å². The van der Waals surface area contributed by atoms with Crippen LogP contribution in [-0.2, 0) is 0 Å². The molecule has 0 spiro atoms. The van der Waals surface area contributed by atoms with Gasteiger partial charge >= 0.3 is 0 Å². The Morgan fingerprint density at radius 2 is 1.89 bits per heavy atom. The van der Waals surface area contributed by atoms with E-state index in [2.05, 4.69) is 49.9 Å². The first-order valence-corrected chi connectivity index (χ1v) is 7.73. The van der Waals surface area contributed by atoms with Crippen LogP contribution in [0.15, 0.2) is 0 Å². The molecule has 1 N–H and O–H groups in total. The van der Waals surface area contributed by atoms with Crippen molar-refractivity contribution in [3.63, 3.8) is 0 Å². The number of likely N-dealkylation sites (N-methyl/N-ethyl adjacent to an activating group) is 1. The van der Waals surface area contributed by atoms with Gasteiger partial charge in [-0.15, -0.1) is 0 Å². The Balaban J connectivity index is 2.39. The molecule has 1 heterocycles. The highest BCUT2D eigenvalue weighted by atomic mass is 15.3. The van der Waals surface area contributed by atoms with E-state index >= 15 is 0 Å². The summed E-state index contributed by atoms with van der Waals surface area (Å²) in [7, 11) is 2.27. The SMILES string of the molecule is CCC1CN(C(CC)CNCC(C)C)CCN1C. The van der Waals surface area contributed by atoms with Gasteiger partial charge in [-0.3, -0.25) is 4.90 Å². The fraction of sp³-hybridized carbons (Fsp3) is 1.00. The van der Waals surface area contributed by atoms with Crippen LogP contribution >= 0.6 is 0 Å². The third kappa shape index (κ3) is 4.87. The van der Waals surface area contributed by atoms with Crippen molar-refractivity contribution < 1.29 is 0 Å². The monoisotopic (exact) mass is 255 g/mol.